The number of hydrazone groups is 1. The van der Waals surface area contributed by atoms with E-state index >= 15 is 0 Å². The molecule has 0 radical (unpaired) electrons. The summed E-state index contributed by atoms with van der Waals surface area (Å²) in [5.74, 6) is 4.32. The molecule has 196 valence electrons. The lowest BCUT2D eigenvalue weighted by Crippen LogP contribution is -2.50. The van der Waals surface area contributed by atoms with Crippen molar-refractivity contribution in [2.45, 2.75) is 49.6 Å². The summed E-state index contributed by atoms with van der Waals surface area (Å²) in [6.45, 7) is 2.62. The fourth-order valence-electron chi connectivity index (χ4n) is 4.32. The Kier molecular flexibility index (Phi) is 8.52. The molecule has 1 unspecified atom stereocenters. The van der Waals surface area contributed by atoms with Crippen LogP contribution in [0, 0.1) is 6.92 Å². The van der Waals surface area contributed by atoms with Gasteiger partial charge in [0.1, 0.15) is 12.4 Å². The number of aromatic nitrogens is 1. The molecule has 1 amide bonds. The molecule has 1 aliphatic heterocycles. The third kappa shape index (κ3) is 6.14. The molecule has 12 heteroatoms. The zero-order chi connectivity index (χ0) is 26.4. The minimum Gasteiger partial charge on any atom is -0.375 e. The van der Waals surface area contributed by atoms with Gasteiger partial charge < -0.3 is 16.5 Å². The Morgan fingerprint density at radius 2 is 2.00 bits per heavy atom. The largest absolute Gasteiger partial charge is 0.375 e. The smallest absolute Gasteiger partial charge is 0.243 e. The zero-order valence-corrected chi connectivity index (χ0v) is 22.1. The first kappa shape index (κ1) is 26.7. The molecule has 0 saturated carbocycles. The number of sulfonamides is 1. The number of hydrogen-bond acceptors (Lipinski definition) is 8. The highest BCUT2D eigenvalue weighted by Crippen LogP contribution is 2.27. The number of thiazole rings is 1. The number of rotatable bonds is 11. The number of amides is 1. The van der Waals surface area contributed by atoms with Gasteiger partial charge in [-0.1, -0.05) is 29.8 Å². The predicted octanol–water partition coefficient (Wildman–Crippen LogP) is 2.40. The summed E-state index contributed by atoms with van der Waals surface area (Å²) in [6, 6.07) is 12.3. The number of nitrogens with one attached hydrogen (secondary N) is 2. The van der Waals surface area contributed by atoms with Crippen molar-refractivity contribution in [3.8, 4) is 0 Å². The summed E-state index contributed by atoms with van der Waals surface area (Å²) >= 11 is 1.27. The Labute approximate surface area is 220 Å². The predicted molar refractivity (Wildman–Crippen MR) is 144 cm³/mol. The van der Waals surface area contributed by atoms with Crippen molar-refractivity contribution in [2.75, 3.05) is 13.1 Å². The van der Waals surface area contributed by atoms with Crippen LogP contribution in [0.2, 0.25) is 0 Å². The van der Waals surface area contributed by atoms with E-state index in [0.717, 1.165) is 10.3 Å². The minimum atomic E-state index is -3.86. The molecule has 4 N–H and O–H groups in total. The van der Waals surface area contributed by atoms with Crippen LogP contribution in [0.4, 0.5) is 0 Å². The fourth-order valence-corrected chi connectivity index (χ4v) is 6.94. The van der Waals surface area contributed by atoms with Crippen molar-refractivity contribution >= 4 is 49.6 Å². The Hall–Kier alpha value is -3.35. The highest BCUT2D eigenvalue weighted by molar-refractivity contribution is 7.89. The van der Waals surface area contributed by atoms with E-state index in [1.807, 2.05) is 31.2 Å². The summed E-state index contributed by atoms with van der Waals surface area (Å²) in [4.78, 5) is 31.5. The van der Waals surface area contributed by atoms with Gasteiger partial charge >= 0.3 is 0 Å². The SMILES string of the molecule is Cc1ccc(S(=O)(=O)N2CCC[C@H]2C(=O)NC(CCCNC=NN)C(=O)c2nc3ccccc3s2)cc1. The van der Waals surface area contributed by atoms with E-state index in [-0.39, 0.29) is 17.2 Å². The van der Waals surface area contributed by atoms with E-state index < -0.39 is 28.0 Å². The first-order valence-corrected chi connectivity index (χ1v) is 14.3. The van der Waals surface area contributed by atoms with E-state index in [0.29, 0.717) is 42.8 Å². The maximum absolute atomic E-state index is 13.5. The Morgan fingerprint density at radius 3 is 2.73 bits per heavy atom. The Balaban J connectivity index is 1.53. The average molecular weight is 543 g/mol. The number of hydrogen-bond donors (Lipinski definition) is 3. The molecule has 1 aromatic heterocycles. The Bertz CT molecular complexity index is 1350. The van der Waals surface area contributed by atoms with Gasteiger partial charge in [0.2, 0.25) is 21.7 Å². The van der Waals surface area contributed by atoms with Crippen LogP contribution < -0.4 is 16.5 Å². The molecule has 2 atom stereocenters. The molecule has 2 aromatic carbocycles. The second kappa shape index (κ2) is 11.8. The molecule has 37 heavy (non-hydrogen) atoms. The van der Waals surface area contributed by atoms with Crippen LogP contribution in [0.25, 0.3) is 10.2 Å². The molecule has 0 aliphatic carbocycles. The summed E-state index contributed by atoms with van der Waals surface area (Å²) in [7, 11) is -3.86. The highest BCUT2D eigenvalue weighted by Gasteiger charge is 2.40. The van der Waals surface area contributed by atoms with Crippen molar-refractivity contribution in [1.29, 1.82) is 0 Å². The lowest BCUT2D eigenvalue weighted by Gasteiger charge is -2.25. The number of nitrogens with two attached hydrogens (primary N) is 1. The molecule has 0 spiro atoms. The third-order valence-corrected chi connectivity index (χ3v) is 9.22. The van der Waals surface area contributed by atoms with Gasteiger partial charge in [-0.25, -0.2) is 13.4 Å². The van der Waals surface area contributed by atoms with Crippen LogP contribution in [-0.4, -0.2) is 60.9 Å². The Morgan fingerprint density at radius 1 is 1.24 bits per heavy atom. The summed E-state index contributed by atoms with van der Waals surface area (Å²) in [6.07, 6.45) is 3.18. The van der Waals surface area contributed by atoms with E-state index in [2.05, 4.69) is 20.7 Å². The number of carbonyl (C=O) groups is 2. The van der Waals surface area contributed by atoms with E-state index in [4.69, 9.17) is 5.84 Å². The summed E-state index contributed by atoms with van der Waals surface area (Å²) in [5, 5.41) is 9.43. The second-order valence-corrected chi connectivity index (χ2v) is 11.8. The van der Waals surface area contributed by atoms with Gasteiger partial charge in [0.05, 0.1) is 21.2 Å². The molecule has 1 fully saturated rings. The quantitative estimate of drug-likeness (QED) is 0.0842. The monoisotopic (exact) mass is 542 g/mol. The van der Waals surface area contributed by atoms with Crippen LogP contribution in [-0.2, 0) is 14.8 Å². The van der Waals surface area contributed by atoms with Crippen molar-refractivity contribution in [2.24, 2.45) is 10.9 Å². The molecule has 1 saturated heterocycles. The number of Topliss-reactive ketones (excluding diaryl/α,β-unsaturated/α-hetero) is 1. The molecular formula is C25H30N6O4S2. The van der Waals surface area contributed by atoms with Crippen LogP contribution in [0.15, 0.2) is 58.5 Å². The highest BCUT2D eigenvalue weighted by atomic mass is 32.2. The van der Waals surface area contributed by atoms with Crippen molar-refractivity contribution < 1.29 is 18.0 Å². The van der Waals surface area contributed by atoms with Gasteiger partial charge in [0.15, 0.2) is 5.01 Å². The first-order valence-electron chi connectivity index (χ1n) is 12.0. The zero-order valence-electron chi connectivity index (χ0n) is 20.5. The minimum absolute atomic E-state index is 0.146. The molecule has 0 bridgehead atoms. The van der Waals surface area contributed by atoms with Gasteiger partial charge in [-0.3, -0.25) is 9.59 Å². The van der Waals surface area contributed by atoms with Crippen molar-refractivity contribution in [3.05, 3.63) is 59.1 Å². The third-order valence-electron chi connectivity index (χ3n) is 6.25. The lowest BCUT2D eigenvalue weighted by molar-refractivity contribution is -0.124. The van der Waals surface area contributed by atoms with Gasteiger partial charge in [-0.2, -0.15) is 9.41 Å². The maximum atomic E-state index is 13.5. The lowest BCUT2D eigenvalue weighted by atomic mass is 10.1. The van der Waals surface area contributed by atoms with Crippen LogP contribution in [0.3, 0.4) is 0 Å². The molecule has 10 nitrogen and oxygen atoms in total. The van der Waals surface area contributed by atoms with E-state index in [1.54, 1.807) is 24.3 Å². The molecule has 1 aliphatic rings. The van der Waals surface area contributed by atoms with Gasteiger partial charge in [0.25, 0.3) is 0 Å². The number of carbonyl (C=O) groups excluding carboxylic acids is 2. The summed E-state index contributed by atoms with van der Waals surface area (Å²) < 4.78 is 28.7. The van der Waals surface area contributed by atoms with Gasteiger partial charge in [-0.15, -0.1) is 11.3 Å². The molecule has 2 heterocycles. The molecular weight excluding hydrogens is 512 g/mol. The van der Waals surface area contributed by atoms with Crippen LogP contribution in [0.1, 0.15) is 41.0 Å². The molecule has 3 aromatic rings. The summed E-state index contributed by atoms with van der Waals surface area (Å²) in [5.41, 5.74) is 1.66. The number of nitrogens with zero attached hydrogens (tertiary/aromatic N) is 3. The number of aryl methyl sites for hydroxylation is 1. The molecule has 4 rings (SSSR count). The van der Waals surface area contributed by atoms with Gasteiger partial charge in [0, 0.05) is 13.1 Å². The fraction of sp³-hybridized carbons (Fsp3) is 0.360. The second-order valence-electron chi connectivity index (χ2n) is 8.87. The van der Waals surface area contributed by atoms with Crippen molar-refractivity contribution in [1.82, 2.24) is 19.9 Å². The van der Waals surface area contributed by atoms with Crippen molar-refractivity contribution in [3.63, 3.8) is 0 Å². The number of para-hydroxylation sites is 1. The number of fused-ring (bicyclic) bond motifs is 1. The number of benzene rings is 2. The first-order chi connectivity index (χ1) is 17.8. The topological polar surface area (TPSA) is 147 Å². The van der Waals surface area contributed by atoms with E-state index in [1.165, 1.54) is 22.0 Å². The van der Waals surface area contributed by atoms with Crippen LogP contribution >= 0.6 is 11.3 Å². The normalized spacial score (nSPS) is 17.3. The van der Waals surface area contributed by atoms with Crippen LogP contribution in [0.5, 0.6) is 0 Å². The maximum Gasteiger partial charge on any atom is 0.243 e. The average Bonchev–Trinajstić information content (AvgIpc) is 3.56. The number of ketones is 1. The van der Waals surface area contributed by atoms with Gasteiger partial charge in [-0.05, 0) is 56.9 Å². The van der Waals surface area contributed by atoms with E-state index in [9.17, 15) is 18.0 Å². The standard InChI is InChI=1S/C25H30N6O4S2/c1-17-10-12-18(13-11-17)37(34,35)31-15-5-8-21(31)24(33)29-20(7-4-14-27-16-28-26)23(32)25-30-19-6-2-3-9-22(19)36-25/h2-3,6,9-13,16,20-21H,4-5,7-8,14-15,26H2,1H3,(H,27,28)(H,29,33)/t20?,21-/m0/s1.